The van der Waals surface area contributed by atoms with Crippen molar-refractivity contribution in [1.82, 2.24) is 5.43 Å². The van der Waals surface area contributed by atoms with Gasteiger partial charge in [-0.1, -0.05) is 35.9 Å². The predicted molar refractivity (Wildman–Crippen MR) is 91.1 cm³/mol. The highest BCUT2D eigenvalue weighted by Crippen LogP contribution is 2.16. The zero-order chi connectivity index (χ0) is 15.1. The monoisotopic (exact) mass is 299 g/mol. The summed E-state index contributed by atoms with van der Waals surface area (Å²) in [7, 11) is 1.63. The Morgan fingerprint density at radius 3 is 2.67 bits per heavy atom. The van der Waals surface area contributed by atoms with Crippen LogP contribution in [0.25, 0.3) is 0 Å². The molecule has 2 aromatic carbocycles. The summed E-state index contributed by atoms with van der Waals surface area (Å²) in [5, 5.41) is 7.56. The van der Waals surface area contributed by atoms with Crippen molar-refractivity contribution in [3.63, 3.8) is 0 Å². The standard InChI is InChI=1S/C16H17N3OS/c1-12-6-8-13(9-7-12)11-17-19-16(21)18-14-4-3-5-15(10-14)20-2/h3-11H,1-2H3,(H2,18,19,21)/b17-11+. The van der Waals surface area contributed by atoms with Crippen LogP contribution in [-0.4, -0.2) is 18.4 Å². The van der Waals surface area contributed by atoms with Crippen LogP contribution in [0.1, 0.15) is 11.1 Å². The van der Waals surface area contributed by atoms with Crippen molar-refractivity contribution < 1.29 is 4.74 Å². The second kappa shape index (κ2) is 7.40. The number of hydrogen-bond donors (Lipinski definition) is 2. The lowest BCUT2D eigenvalue weighted by Crippen LogP contribution is -2.23. The van der Waals surface area contributed by atoms with Gasteiger partial charge in [-0.05, 0) is 36.8 Å². The molecule has 4 nitrogen and oxygen atoms in total. The van der Waals surface area contributed by atoms with Gasteiger partial charge in [0.1, 0.15) is 5.75 Å². The molecule has 2 rings (SSSR count). The topological polar surface area (TPSA) is 45.6 Å². The van der Waals surface area contributed by atoms with Gasteiger partial charge >= 0.3 is 0 Å². The fourth-order valence-electron chi connectivity index (χ4n) is 1.68. The summed E-state index contributed by atoms with van der Waals surface area (Å²) in [6.45, 7) is 2.05. The first-order valence-corrected chi connectivity index (χ1v) is 6.89. The summed E-state index contributed by atoms with van der Waals surface area (Å²) in [6, 6.07) is 15.6. The van der Waals surface area contributed by atoms with Crippen molar-refractivity contribution in [1.29, 1.82) is 0 Å². The van der Waals surface area contributed by atoms with E-state index in [2.05, 4.69) is 15.8 Å². The smallest absolute Gasteiger partial charge is 0.191 e. The number of aryl methyl sites for hydroxylation is 1. The molecule has 0 unspecified atom stereocenters. The maximum Gasteiger partial charge on any atom is 0.191 e. The summed E-state index contributed by atoms with van der Waals surface area (Å²) in [5.74, 6) is 0.769. The van der Waals surface area contributed by atoms with E-state index >= 15 is 0 Å². The molecule has 0 aliphatic carbocycles. The van der Waals surface area contributed by atoms with E-state index in [0.29, 0.717) is 5.11 Å². The summed E-state index contributed by atoms with van der Waals surface area (Å²) < 4.78 is 5.15. The first-order chi connectivity index (χ1) is 10.2. The Morgan fingerprint density at radius 2 is 1.95 bits per heavy atom. The molecule has 0 heterocycles. The van der Waals surface area contributed by atoms with Gasteiger partial charge in [-0.25, -0.2) is 0 Å². The van der Waals surface area contributed by atoms with Gasteiger partial charge in [-0.15, -0.1) is 0 Å². The van der Waals surface area contributed by atoms with E-state index in [9.17, 15) is 0 Å². The SMILES string of the molecule is COc1cccc(NC(=S)N/N=C/c2ccc(C)cc2)c1. The van der Waals surface area contributed by atoms with Gasteiger partial charge in [0.15, 0.2) is 5.11 Å². The number of thiocarbonyl (C=S) groups is 1. The molecule has 0 radical (unpaired) electrons. The fraction of sp³-hybridized carbons (Fsp3) is 0.125. The highest BCUT2D eigenvalue weighted by Gasteiger charge is 1.98. The lowest BCUT2D eigenvalue weighted by Gasteiger charge is -2.08. The second-order valence-electron chi connectivity index (χ2n) is 4.47. The summed E-state index contributed by atoms with van der Waals surface area (Å²) in [5.41, 5.74) is 5.85. The average Bonchev–Trinajstić information content (AvgIpc) is 2.49. The van der Waals surface area contributed by atoms with E-state index in [4.69, 9.17) is 17.0 Å². The molecule has 5 heteroatoms. The molecular formula is C16H17N3OS. The van der Waals surface area contributed by atoms with Crippen LogP contribution in [0, 0.1) is 6.92 Å². The van der Waals surface area contributed by atoms with Gasteiger partial charge in [-0.2, -0.15) is 5.10 Å². The maximum absolute atomic E-state index is 5.17. The zero-order valence-corrected chi connectivity index (χ0v) is 12.8. The van der Waals surface area contributed by atoms with Gasteiger partial charge in [0.25, 0.3) is 0 Å². The van der Waals surface area contributed by atoms with Crippen molar-refractivity contribution >= 4 is 29.2 Å². The molecule has 0 fully saturated rings. The van der Waals surface area contributed by atoms with Crippen LogP contribution in [0.5, 0.6) is 5.75 Å². The second-order valence-corrected chi connectivity index (χ2v) is 4.88. The minimum absolute atomic E-state index is 0.423. The first kappa shape index (κ1) is 15.0. The molecule has 2 aromatic rings. The van der Waals surface area contributed by atoms with Crippen molar-refractivity contribution in [2.24, 2.45) is 5.10 Å². The highest BCUT2D eigenvalue weighted by atomic mass is 32.1. The maximum atomic E-state index is 5.17. The zero-order valence-electron chi connectivity index (χ0n) is 12.0. The normalized spacial score (nSPS) is 10.4. The molecule has 0 bridgehead atoms. The van der Waals surface area contributed by atoms with Gasteiger partial charge < -0.3 is 10.1 Å². The van der Waals surface area contributed by atoms with Crippen LogP contribution >= 0.6 is 12.2 Å². The lowest BCUT2D eigenvalue weighted by atomic mass is 10.2. The van der Waals surface area contributed by atoms with Gasteiger partial charge in [0, 0.05) is 11.8 Å². The molecule has 0 aromatic heterocycles. The van der Waals surface area contributed by atoms with Gasteiger partial charge in [0.05, 0.1) is 13.3 Å². The highest BCUT2D eigenvalue weighted by molar-refractivity contribution is 7.80. The molecule has 0 saturated carbocycles. The Balaban J connectivity index is 1.88. The molecule has 0 spiro atoms. The summed E-state index contributed by atoms with van der Waals surface area (Å²) >= 11 is 5.17. The third-order valence-corrected chi connectivity index (χ3v) is 2.98. The van der Waals surface area contributed by atoms with E-state index < -0.39 is 0 Å². The molecule has 0 amide bonds. The molecule has 21 heavy (non-hydrogen) atoms. The van der Waals surface area contributed by atoms with Crippen molar-refractivity contribution in [3.05, 3.63) is 59.7 Å². The number of rotatable bonds is 4. The average molecular weight is 299 g/mol. The first-order valence-electron chi connectivity index (χ1n) is 6.48. The molecule has 0 atom stereocenters. The number of nitrogens with zero attached hydrogens (tertiary/aromatic N) is 1. The lowest BCUT2D eigenvalue weighted by molar-refractivity contribution is 0.415. The molecule has 108 valence electrons. The van der Waals surface area contributed by atoms with Crippen molar-refractivity contribution in [3.8, 4) is 5.75 Å². The molecule has 0 aliphatic rings. The quantitative estimate of drug-likeness (QED) is 0.516. The Kier molecular flexibility index (Phi) is 5.29. The van der Waals surface area contributed by atoms with Gasteiger partial charge in [-0.3, -0.25) is 5.43 Å². The third kappa shape index (κ3) is 4.89. The third-order valence-electron chi connectivity index (χ3n) is 2.78. The number of nitrogens with one attached hydrogen (secondary N) is 2. The van der Waals surface area contributed by atoms with E-state index in [0.717, 1.165) is 17.0 Å². The molecule has 0 aliphatic heterocycles. The van der Waals surface area contributed by atoms with E-state index in [1.165, 1.54) is 5.56 Å². The van der Waals surface area contributed by atoms with E-state index in [1.54, 1.807) is 13.3 Å². The summed E-state index contributed by atoms with van der Waals surface area (Å²) in [6.07, 6.45) is 1.72. The molecule has 0 saturated heterocycles. The van der Waals surface area contributed by atoms with Crippen LogP contribution in [0.2, 0.25) is 0 Å². The number of anilines is 1. The minimum atomic E-state index is 0.423. The van der Waals surface area contributed by atoms with E-state index in [-0.39, 0.29) is 0 Å². The minimum Gasteiger partial charge on any atom is -0.497 e. The van der Waals surface area contributed by atoms with Crippen molar-refractivity contribution in [2.75, 3.05) is 12.4 Å². The number of hydrazone groups is 1. The van der Waals surface area contributed by atoms with Crippen LogP contribution < -0.4 is 15.5 Å². The van der Waals surface area contributed by atoms with Crippen molar-refractivity contribution in [2.45, 2.75) is 6.92 Å². The molecule has 2 N–H and O–H groups in total. The number of hydrogen-bond acceptors (Lipinski definition) is 3. The van der Waals surface area contributed by atoms with Crippen LogP contribution in [0.15, 0.2) is 53.6 Å². The fourth-order valence-corrected chi connectivity index (χ4v) is 1.85. The van der Waals surface area contributed by atoms with E-state index in [1.807, 2.05) is 55.5 Å². The molecular weight excluding hydrogens is 282 g/mol. The Labute approximate surface area is 129 Å². The van der Waals surface area contributed by atoms with Crippen LogP contribution in [0.3, 0.4) is 0 Å². The number of methoxy groups -OCH3 is 1. The number of benzene rings is 2. The summed E-state index contributed by atoms with van der Waals surface area (Å²) in [4.78, 5) is 0. The Bertz CT molecular complexity index is 638. The Morgan fingerprint density at radius 1 is 1.19 bits per heavy atom. The Hall–Kier alpha value is -2.40. The van der Waals surface area contributed by atoms with Crippen LogP contribution in [0.4, 0.5) is 5.69 Å². The van der Waals surface area contributed by atoms with Gasteiger partial charge in [0.2, 0.25) is 0 Å². The van der Waals surface area contributed by atoms with Crippen LogP contribution in [-0.2, 0) is 0 Å². The largest absolute Gasteiger partial charge is 0.497 e. The predicted octanol–water partition coefficient (Wildman–Crippen LogP) is 3.32. The number of ether oxygens (including phenoxy) is 1.